The summed E-state index contributed by atoms with van der Waals surface area (Å²) < 4.78 is 14.1. The third-order valence-corrected chi connectivity index (χ3v) is 3.73. The maximum absolute atomic E-state index is 14.1. The summed E-state index contributed by atoms with van der Waals surface area (Å²) in [6.07, 6.45) is -0.903. The van der Waals surface area contributed by atoms with Gasteiger partial charge in [-0.3, -0.25) is 0 Å². The first-order valence-electron chi connectivity index (χ1n) is 4.96. The van der Waals surface area contributed by atoms with Gasteiger partial charge in [-0.2, -0.15) is 0 Å². The van der Waals surface area contributed by atoms with E-state index in [-0.39, 0.29) is 11.8 Å². The van der Waals surface area contributed by atoms with E-state index in [1.807, 2.05) is 32.2 Å². The molecule has 0 bridgehead atoms. The van der Waals surface area contributed by atoms with Crippen LogP contribution in [0.5, 0.6) is 0 Å². The second kappa shape index (κ2) is 4.89. The Kier molecular flexibility index (Phi) is 4.08. The highest BCUT2D eigenvalue weighted by atomic mass is 32.1. The van der Waals surface area contributed by atoms with Crippen molar-refractivity contribution in [2.24, 2.45) is 17.6 Å². The average molecular weight is 215 g/mol. The van der Waals surface area contributed by atoms with Crippen LogP contribution in [0.3, 0.4) is 0 Å². The maximum atomic E-state index is 14.1. The topological polar surface area (TPSA) is 26.0 Å². The molecule has 0 saturated carbocycles. The summed E-state index contributed by atoms with van der Waals surface area (Å²) in [6, 6.07) is 1.96. The van der Waals surface area contributed by atoms with Gasteiger partial charge < -0.3 is 5.73 Å². The van der Waals surface area contributed by atoms with Crippen LogP contribution >= 0.6 is 11.3 Å². The molecule has 0 aliphatic rings. The van der Waals surface area contributed by atoms with E-state index in [0.717, 1.165) is 10.4 Å². The first-order chi connectivity index (χ1) is 6.57. The molecule has 1 aromatic rings. The first kappa shape index (κ1) is 11.7. The quantitative estimate of drug-likeness (QED) is 0.819. The predicted octanol–water partition coefficient (Wildman–Crippen LogP) is 3.30. The zero-order valence-electron chi connectivity index (χ0n) is 8.96. The van der Waals surface area contributed by atoms with Crippen molar-refractivity contribution in [3.05, 3.63) is 21.9 Å². The molecule has 0 fully saturated rings. The summed E-state index contributed by atoms with van der Waals surface area (Å²) in [4.78, 5) is 0.842. The maximum Gasteiger partial charge on any atom is 0.139 e. The molecule has 2 N–H and O–H groups in total. The molecule has 14 heavy (non-hydrogen) atoms. The number of hydrogen-bond donors (Lipinski definition) is 1. The Labute approximate surface area is 89.1 Å². The van der Waals surface area contributed by atoms with Crippen molar-refractivity contribution in [2.75, 3.05) is 6.54 Å². The van der Waals surface area contributed by atoms with Gasteiger partial charge in [0.15, 0.2) is 0 Å². The molecule has 2 atom stereocenters. The predicted molar refractivity (Wildman–Crippen MR) is 60.3 cm³/mol. The molecule has 3 heteroatoms. The summed E-state index contributed by atoms with van der Waals surface area (Å²) in [6.45, 7) is 6.41. The number of alkyl halides is 1. The Hall–Kier alpha value is -0.410. The number of halogens is 1. The van der Waals surface area contributed by atoms with Gasteiger partial charge in [-0.25, -0.2) is 4.39 Å². The van der Waals surface area contributed by atoms with Crippen LogP contribution in [0.2, 0.25) is 0 Å². The lowest BCUT2D eigenvalue weighted by Crippen LogP contribution is -2.24. The van der Waals surface area contributed by atoms with E-state index in [9.17, 15) is 4.39 Å². The van der Waals surface area contributed by atoms with Crippen molar-refractivity contribution in [3.8, 4) is 0 Å². The molecule has 1 heterocycles. The second-order valence-corrected chi connectivity index (χ2v) is 4.96. The van der Waals surface area contributed by atoms with E-state index in [0.29, 0.717) is 6.54 Å². The number of nitrogens with two attached hydrogens (primary N) is 1. The normalized spacial score (nSPS) is 15.9. The van der Waals surface area contributed by atoms with E-state index in [1.165, 1.54) is 11.3 Å². The molecule has 1 aromatic heterocycles. The highest BCUT2D eigenvalue weighted by molar-refractivity contribution is 7.10. The van der Waals surface area contributed by atoms with Gasteiger partial charge in [0.05, 0.1) is 0 Å². The van der Waals surface area contributed by atoms with Gasteiger partial charge in [-0.15, -0.1) is 11.3 Å². The van der Waals surface area contributed by atoms with Crippen LogP contribution in [-0.2, 0) is 0 Å². The van der Waals surface area contributed by atoms with Gasteiger partial charge in [-0.05, 0) is 36.4 Å². The van der Waals surface area contributed by atoms with Gasteiger partial charge in [0.1, 0.15) is 6.17 Å². The number of hydrogen-bond acceptors (Lipinski definition) is 2. The second-order valence-electron chi connectivity index (χ2n) is 4.01. The Bertz CT molecular complexity index is 283. The van der Waals surface area contributed by atoms with E-state index in [2.05, 4.69) is 0 Å². The van der Waals surface area contributed by atoms with E-state index in [1.54, 1.807) is 0 Å². The average Bonchev–Trinajstić information content (AvgIpc) is 2.51. The largest absolute Gasteiger partial charge is 0.330 e. The Balaban J connectivity index is 2.83. The molecule has 2 unspecified atom stereocenters. The van der Waals surface area contributed by atoms with Gasteiger partial charge in [0, 0.05) is 10.8 Å². The highest BCUT2D eigenvalue weighted by Gasteiger charge is 2.26. The summed E-state index contributed by atoms with van der Waals surface area (Å²) in [7, 11) is 0. The number of thiophene rings is 1. The molecule has 0 amide bonds. The first-order valence-corrected chi connectivity index (χ1v) is 5.84. The van der Waals surface area contributed by atoms with Crippen molar-refractivity contribution in [3.63, 3.8) is 0 Å². The fourth-order valence-electron chi connectivity index (χ4n) is 1.59. The van der Waals surface area contributed by atoms with Gasteiger partial charge in [0.2, 0.25) is 0 Å². The van der Waals surface area contributed by atoms with E-state index < -0.39 is 6.17 Å². The van der Waals surface area contributed by atoms with Crippen molar-refractivity contribution in [1.82, 2.24) is 0 Å². The smallest absolute Gasteiger partial charge is 0.139 e. The molecule has 80 valence electrons. The van der Waals surface area contributed by atoms with E-state index >= 15 is 0 Å². The fourth-order valence-corrected chi connectivity index (χ4v) is 2.57. The van der Waals surface area contributed by atoms with Crippen LogP contribution in [0.1, 0.15) is 30.5 Å². The Morgan fingerprint density at radius 3 is 2.50 bits per heavy atom. The van der Waals surface area contributed by atoms with Crippen LogP contribution in [-0.4, -0.2) is 6.54 Å². The Morgan fingerprint density at radius 1 is 1.50 bits per heavy atom. The Morgan fingerprint density at radius 2 is 2.14 bits per heavy atom. The minimum Gasteiger partial charge on any atom is -0.330 e. The summed E-state index contributed by atoms with van der Waals surface area (Å²) in [5.41, 5.74) is 6.64. The number of rotatable bonds is 4. The molecule has 1 nitrogen and oxygen atoms in total. The summed E-state index contributed by atoms with van der Waals surface area (Å²) in [5, 5.41) is 1.94. The standard InChI is InChI=1S/C11H18FNS/c1-7(2)9(6-13)10(12)11-8(3)4-5-14-11/h4-5,7,9-10H,6,13H2,1-3H3. The molecule has 1 rings (SSSR count). The summed E-state index contributed by atoms with van der Waals surface area (Å²) in [5.74, 6) is 0.226. The van der Waals surface area contributed by atoms with Crippen LogP contribution in [0.4, 0.5) is 4.39 Å². The lowest BCUT2D eigenvalue weighted by molar-refractivity contribution is 0.191. The SMILES string of the molecule is Cc1ccsc1C(F)C(CN)C(C)C. The molecule has 0 aliphatic carbocycles. The third-order valence-electron chi connectivity index (χ3n) is 2.66. The molecule has 0 spiro atoms. The van der Waals surface area contributed by atoms with Crippen LogP contribution in [0.25, 0.3) is 0 Å². The van der Waals surface area contributed by atoms with Crippen LogP contribution in [0.15, 0.2) is 11.4 Å². The lowest BCUT2D eigenvalue weighted by atomic mass is 9.90. The minimum atomic E-state index is -0.903. The molecule has 0 saturated heterocycles. The highest BCUT2D eigenvalue weighted by Crippen LogP contribution is 2.35. The van der Waals surface area contributed by atoms with Gasteiger partial charge in [0.25, 0.3) is 0 Å². The molecular weight excluding hydrogens is 197 g/mol. The lowest BCUT2D eigenvalue weighted by Gasteiger charge is -2.22. The van der Waals surface area contributed by atoms with Crippen molar-refractivity contribution >= 4 is 11.3 Å². The zero-order valence-corrected chi connectivity index (χ0v) is 9.77. The minimum absolute atomic E-state index is 0.0626. The molecular formula is C11H18FNS. The fraction of sp³-hybridized carbons (Fsp3) is 0.636. The van der Waals surface area contributed by atoms with Crippen molar-refractivity contribution in [1.29, 1.82) is 0 Å². The van der Waals surface area contributed by atoms with Gasteiger partial charge in [-0.1, -0.05) is 13.8 Å². The zero-order chi connectivity index (χ0) is 10.7. The van der Waals surface area contributed by atoms with E-state index in [4.69, 9.17) is 5.73 Å². The monoisotopic (exact) mass is 215 g/mol. The summed E-state index contributed by atoms with van der Waals surface area (Å²) >= 11 is 1.49. The van der Waals surface area contributed by atoms with Gasteiger partial charge >= 0.3 is 0 Å². The number of aryl methyl sites for hydroxylation is 1. The van der Waals surface area contributed by atoms with Crippen LogP contribution < -0.4 is 5.73 Å². The molecule has 0 aromatic carbocycles. The molecule has 0 aliphatic heterocycles. The van der Waals surface area contributed by atoms with Crippen LogP contribution in [0, 0.1) is 18.8 Å². The molecule has 0 radical (unpaired) electrons. The van der Waals surface area contributed by atoms with Crippen molar-refractivity contribution < 1.29 is 4.39 Å². The van der Waals surface area contributed by atoms with Crippen molar-refractivity contribution in [2.45, 2.75) is 26.9 Å². The third kappa shape index (κ3) is 2.34.